The summed E-state index contributed by atoms with van der Waals surface area (Å²) in [5.41, 5.74) is 0.872. The first-order valence-electron chi connectivity index (χ1n) is 7.91. The van der Waals surface area contributed by atoms with Gasteiger partial charge in [-0.2, -0.15) is 0 Å². The second-order valence-corrected chi connectivity index (χ2v) is 6.84. The van der Waals surface area contributed by atoms with E-state index in [0.717, 1.165) is 12.0 Å². The van der Waals surface area contributed by atoms with E-state index in [1.807, 2.05) is 37.3 Å². The number of piperidine rings is 1. The van der Waals surface area contributed by atoms with E-state index in [-0.39, 0.29) is 17.4 Å². The molecular formula is C18H25NO3. The summed E-state index contributed by atoms with van der Waals surface area (Å²) in [4.78, 5) is 25.8. The fraction of sp³-hybridized carbons (Fsp3) is 0.556. The Balaban J connectivity index is 2.10. The van der Waals surface area contributed by atoms with Gasteiger partial charge in [-0.15, -0.1) is 0 Å². The van der Waals surface area contributed by atoms with E-state index >= 15 is 0 Å². The Kier molecular flexibility index (Phi) is 4.89. The third kappa shape index (κ3) is 3.49. The number of carboxylic acids is 1. The summed E-state index contributed by atoms with van der Waals surface area (Å²) in [6.07, 6.45) is 1.81. The summed E-state index contributed by atoms with van der Waals surface area (Å²) < 4.78 is 0. The molecule has 0 aromatic heterocycles. The van der Waals surface area contributed by atoms with Crippen LogP contribution in [0.1, 0.15) is 45.6 Å². The lowest BCUT2D eigenvalue weighted by molar-refractivity contribution is -0.149. The number of carbonyl (C=O) groups excluding carboxylic acids is 1. The SMILES string of the molecule is C[C@@H]1[C@H](C(=O)O)CCCN1C(=O)CC(C)(C)c1ccccc1. The Bertz CT molecular complexity index is 539. The van der Waals surface area contributed by atoms with Gasteiger partial charge in [0.15, 0.2) is 0 Å². The highest BCUT2D eigenvalue weighted by Crippen LogP contribution is 2.30. The Morgan fingerprint density at radius 1 is 1.27 bits per heavy atom. The van der Waals surface area contributed by atoms with Crippen molar-refractivity contribution in [3.8, 4) is 0 Å². The van der Waals surface area contributed by atoms with E-state index < -0.39 is 11.9 Å². The maximum atomic E-state index is 12.7. The van der Waals surface area contributed by atoms with Crippen LogP contribution < -0.4 is 0 Å². The predicted molar refractivity (Wildman–Crippen MR) is 85.6 cm³/mol. The van der Waals surface area contributed by atoms with Crippen LogP contribution in [0.4, 0.5) is 0 Å². The van der Waals surface area contributed by atoms with Crippen LogP contribution >= 0.6 is 0 Å². The molecule has 4 heteroatoms. The van der Waals surface area contributed by atoms with Gasteiger partial charge in [0.2, 0.25) is 5.91 Å². The molecule has 4 nitrogen and oxygen atoms in total. The van der Waals surface area contributed by atoms with E-state index in [1.54, 1.807) is 4.90 Å². The zero-order chi connectivity index (χ0) is 16.3. The van der Waals surface area contributed by atoms with E-state index in [4.69, 9.17) is 0 Å². The van der Waals surface area contributed by atoms with Crippen molar-refractivity contribution in [3.05, 3.63) is 35.9 Å². The van der Waals surface area contributed by atoms with Gasteiger partial charge >= 0.3 is 5.97 Å². The second-order valence-electron chi connectivity index (χ2n) is 6.84. The second kappa shape index (κ2) is 6.51. The molecule has 0 aliphatic carbocycles. The quantitative estimate of drug-likeness (QED) is 0.930. The topological polar surface area (TPSA) is 57.6 Å². The summed E-state index contributed by atoms with van der Waals surface area (Å²) in [6.45, 7) is 6.63. The zero-order valence-corrected chi connectivity index (χ0v) is 13.6. The highest BCUT2D eigenvalue weighted by atomic mass is 16.4. The molecular weight excluding hydrogens is 278 g/mol. The van der Waals surface area contributed by atoms with Crippen LogP contribution in [-0.2, 0) is 15.0 Å². The number of benzene rings is 1. The normalized spacial score (nSPS) is 22.4. The zero-order valence-electron chi connectivity index (χ0n) is 13.6. The van der Waals surface area contributed by atoms with Gasteiger partial charge in [-0.05, 0) is 30.7 Å². The van der Waals surface area contributed by atoms with Gasteiger partial charge in [-0.25, -0.2) is 0 Å². The Morgan fingerprint density at radius 2 is 1.91 bits per heavy atom. The minimum Gasteiger partial charge on any atom is -0.481 e. The summed E-state index contributed by atoms with van der Waals surface area (Å²) in [5, 5.41) is 9.28. The number of likely N-dealkylation sites (tertiary alicyclic amines) is 1. The van der Waals surface area contributed by atoms with Crippen LogP contribution in [-0.4, -0.2) is 34.5 Å². The first-order chi connectivity index (χ1) is 10.3. The fourth-order valence-electron chi connectivity index (χ4n) is 3.30. The highest BCUT2D eigenvalue weighted by molar-refractivity contribution is 5.80. The smallest absolute Gasteiger partial charge is 0.308 e. The lowest BCUT2D eigenvalue weighted by Crippen LogP contribution is -2.50. The van der Waals surface area contributed by atoms with Crippen LogP contribution in [0.5, 0.6) is 0 Å². The average molecular weight is 303 g/mol. The van der Waals surface area contributed by atoms with Gasteiger partial charge < -0.3 is 10.0 Å². The monoisotopic (exact) mass is 303 g/mol. The van der Waals surface area contributed by atoms with Crippen LogP contribution in [0.2, 0.25) is 0 Å². The van der Waals surface area contributed by atoms with E-state index in [1.165, 1.54) is 0 Å². The van der Waals surface area contributed by atoms with Gasteiger partial charge in [-0.3, -0.25) is 9.59 Å². The number of hydrogen-bond acceptors (Lipinski definition) is 2. The number of carboxylic acid groups (broad SMARTS) is 1. The Labute approximate surface area is 132 Å². The van der Waals surface area contributed by atoms with Gasteiger partial charge in [-0.1, -0.05) is 44.2 Å². The number of carbonyl (C=O) groups is 2. The minimum atomic E-state index is -0.799. The first-order valence-corrected chi connectivity index (χ1v) is 7.91. The van der Waals surface area contributed by atoms with Crippen LogP contribution in [0.3, 0.4) is 0 Å². The molecule has 0 radical (unpaired) electrons. The number of aliphatic carboxylic acids is 1. The molecule has 1 aromatic rings. The van der Waals surface area contributed by atoms with Crippen LogP contribution in [0.15, 0.2) is 30.3 Å². The molecule has 2 rings (SSSR count). The summed E-state index contributed by atoms with van der Waals surface area (Å²) in [6, 6.07) is 9.76. The minimum absolute atomic E-state index is 0.0484. The summed E-state index contributed by atoms with van der Waals surface area (Å²) in [5.74, 6) is -1.20. The van der Waals surface area contributed by atoms with Gasteiger partial charge in [0.1, 0.15) is 0 Å². The number of hydrogen-bond donors (Lipinski definition) is 1. The highest BCUT2D eigenvalue weighted by Gasteiger charge is 2.37. The molecule has 2 atom stereocenters. The van der Waals surface area contributed by atoms with Crippen molar-refractivity contribution in [1.82, 2.24) is 4.90 Å². The Hall–Kier alpha value is -1.84. The van der Waals surface area contributed by atoms with Crippen molar-refractivity contribution < 1.29 is 14.7 Å². The average Bonchev–Trinajstić information content (AvgIpc) is 2.47. The summed E-state index contributed by atoms with van der Waals surface area (Å²) in [7, 11) is 0. The molecule has 1 aliphatic heterocycles. The molecule has 1 amide bonds. The maximum absolute atomic E-state index is 12.7. The molecule has 1 saturated heterocycles. The molecule has 0 spiro atoms. The van der Waals surface area contributed by atoms with E-state index in [2.05, 4.69) is 13.8 Å². The predicted octanol–water partition coefficient (Wildman–Crippen LogP) is 3.07. The van der Waals surface area contributed by atoms with Crippen LogP contribution in [0.25, 0.3) is 0 Å². The molecule has 0 unspecified atom stereocenters. The van der Waals surface area contributed by atoms with Crippen molar-refractivity contribution in [2.24, 2.45) is 5.92 Å². The first kappa shape index (κ1) is 16.5. The van der Waals surface area contributed by atoms with Crippen molar-refractivity contribution >= 4 is 11.9 Å². The molecule has 0 bridgehead atoms. The standard InChI is InChI=1S/C18H25NO3/c1-13-15(17(21)22)10-7-11-19(13)16(20)12-18(2,3)14-8-5-4-6-9-14/h4-6,8-9,13,15H,7,10-12H2,1-3H3,(H,21,22)/t13-,15-/m1/s1. The molecule has 1 aliphatic rings. The van der Waals surface area contributed by atoms with Crippen molar-refractivity contribution in [2.45, 2.75) is 51.5 Å². The molecule has 1 N–H and O–H groups in total. The Morgan fingerprint density at radius 3 is 2.50 bits per heavy atom. The van der Waals surface area contributed by atoms with E-state index in [0.29, 0.717) is 19.4 Å². The third-order valence-corrected chi connectivity index (χ3v) is 4.77. The summed E-state index contributed by atoms with van der Waals surface area (Å²) >= 11 is 0. The molecule has 120 valence electrons. The molecule has 0 saturated carbocycles. The van der Waals surface area contributed by atoms with Crippen molar-refractivity contribution in [2.75, 3.05) is 6.54 Å². The molecule has 1 heterocycles. The molecule has 1 aromatic carbocycles. The molecule has 22 heavy (non-hydrogen) atoms. The molecule has 1 fully saturated rings. The van der Waals surface area contributed by atoms with Gasteiger partial charge in [0, 0.05) is 19.0 Å². The van der Waals surface area contributed by atoms with Gasteiger partial charge in [0.05, 0.1) is 5.92 Å². The largest absolute Gasteiger partial charge is 0.481 e. The number of nitrogens with zero attached hydrogens (tertiary/aromatic N) is 1. The van der Waals surface area contributed by atoms with Crippen molar-refractivity contribution in [3.63, 3.8) is 0 Å². The van der Waals surface area contributed by atoms with E-state index in [9.17, 15) is 14.7 Å². The lowest BCUT2D eigenvalue weighted by Gasteiger charge is -2.39. The third-order valence-electron chi connectivity index (χ3n) is 4.77. The number of amides is 1. The van der Waals surface area contributed by atoms with Gasteiger partial charge in [0.25, 0.3) is 0 Å². The maximum Gasteiger partial charge on any atom is 0.308 e. The fourth-order valence-corrected chi connectivity index (χ4v) is 3.30. The van der Waals surface area contributed by atoms with Crippen LogP contribution in [0, 0.1) is 5.92 Å². The van der Waals surface area contributed by atoms with Crippen molar-refractivity contribution in [1.29, 1.82) is 0 Å². The lowest BCUT2D eigenvalue weighted by atomic mass is 9.80. The number of rotatable bonds is 4.